The maximum Gasteiger partial charge on any atom is 0.225 e. The quantitative estimate of drug-likeness (QED) is 0.841. The first-order valence-electron chi connectivity index (χ1n) is 6.39. The molecule has 2 rings (SSSR count). The number of thiophene rings is 1. The van der Waals surface area contributed by atoms with E-state index in [2.05, 4.69) is 28.3 Å². The first kappa shape index (κ1) is 15.0. The first-order valence-corrected chi connectivity index (χ1v) is 7.21. The second-order valence-electron chi connectivity index (χ2n) is 4.69. The average molecular weight is 296 g/mol. The second kappa shape index (κ2) is 6.34. The highest BCUT2D eigenvalue weighted by Crippen LogP contribution is 2.31. The van der Waals surface area contributed by atoms with Crippen LogP contribution in [-0.2, 0) is 4.74 Å². The number of aliphatic hydroxyl groups excluding tert-OH is 1. The number of rotatable bonds is 6. The van der Waals surface area contributed by atoms with E-state index in [9.17, 15) is 5.11 Å². The minimum atomic E-state index is -0.548. The summed E-state index contributed by atoms with van der Waals surface area (Å²) in [4.78, 5) is 13.0. The molecular formula is C13H20N4O2S. The van der Waals surface area contributed by atoms with Crippen molar-refractivity contribution in [1.29, 1.82) is 0 Å². The molecule has 0 spiro atoms. The summed E-state index contributed by atoms with van der Waals surface area (Å²) in [5.74, 6) is 1.40. The lowest BCUT2D eigenvalue weighted by Gasteiger charge is -2.22. The van der Waals surface area contributed by atoms with Gasteiger partial charge < -0.3 is 20.1 Å². The van der Waals surface area contributed by atoms with Gasteiger partial charge in [0.1, 0.15) is 10.6 Å². The molecule has 0 saturated heterocycles. The molecule has 20 heavy (non-hydrogen) atoms. The van der Waals surface area contributed by atoms with E-state index in [1.807, 2.05) is 11.9 Å². The van der Waals surface area contributed by atoms with E-state index in [0.29, 0.717) is 19.1 Å². The highest BCUT2D eigenvalue weighted by atomic mass is 32.1. The number of nitrogens with zero attached hydrogens (tertiary/aromatic N) is 3. The smallest absolute Gasteiger partial charge is 0.225 e. The van der Waals surface area contributed by atoms with E-state index in [-0.39, 0.29) is 0 Å². The SMILES string of the molecule is CNc1nc(N(C)CC(O)COC)c2cc(C)sc2n1. The van der Waals surface area contributed by atoms with Gasteiger partial charge in [0.25, 0.3) is 0 Å². The Bertz CT molecular complexity index is 587. The summed E-state index contributed by atoms with van der Waals surface area (Å²) in [6, 6.07) is 2.08. The van der Waals surface area contributed by atoms with Gasteiger partial charge in [-0.3, -0.25) is 0 Å². The van der Waals surface area contributed by atoms with E-state index in [1.54, 1.807) is 25.5 Å². The van der Waals surface area contributed by atoms with Gasteiger partial charge >= 0.3 is 0 Å². The third-order valence-corrected chi connectivity index (χ3v) is 3.87. The number of anilines is 2. The molecule has 2 aromatic rings. The van der Waals surface area contributed by atoms with Gasteiger partial charge in [0.05, 0.1) is 18.1 Å². The van der Waals surface area contributed by atoms with Crippen LogP contribution in [0.3, 0.4) is 0 Å². The monoisotopic (exact) mass is 296 g/mol. The zero-order valence-electron chi connectivity index (χ0n) is 12.2. The van der Waals surface area contributed by atoms with Crippen LogP contribution >= 0.6 is 11.3 Å². The standard InChI is InChI=1S/C13H20N4O2S/c1-8-5-10-11(17(3)6-9(18)7-19-4)15-13(14-2)16-12(10)20-8/h5,9,18H,6-7H2,1-4H3,(H,14,15,16). The van der Waals surface area contributed by atoms with Gasteiger partial charge in [0.2, 0.25) is 5.95 Å². The zero-order chi connectivity index (χ0) is 14.7. The van der Waals surface area contributed by atoms with Gasteiger partial charge in [-0.15, -0.1) is 11.3 Å². The van der Waals surface area contributed by atoms with Crippen molar-refractivity contribution in [1.82, 2.24) is 9.97 Å². The Kier molecular flexibility index (Phi) is 4.74. The lowest BCUT2D eigenvalue weighted by molar-refractivity contribution is 0.0694. The topological polar surface area (TPSA) is 70.5 Å². The largest absolute Gasteiger partial charge is 0.389 e. The van der Waals surface area contributed by atoms with E-state index in [4.69, 9.17) is 4.74 Å². The van der Waals surface area contributed by atoms with Crippen molar-refractivity contribution < 1.29 is 9.84 Å². The minimum absolute atomic E-state index is 0.306. The molecule has 0 radical (unpaired) electrons. The number of aromatic nitrogens is 2. The fraction of sp³-hybridized carbons (Fsp3) is 0.538. The van der Waals surface area contributed by atoms with Crippen LogP contribution in [0.5, 0.6) is 0 Å². The van der Waals surface area contributed by atoms with Crippen LogP contribution in [0.25, 0.3) is 10.2 Å². The van der Waals surface area contributed by atoms with Crippen molar-refractivity contribution in [3.8, 4) is 0 Å². The van der Waals surface area contributed by atoms with Crippen LogP contribution in [0.4, 0.5) is 11.8 Å². The molecule has 0 saturated carbocycles. The fourth-order valence-electron chi connectivity index (χ4n) is 2.08. The number of nitrogens with one attached hydrogen (secondary N) is 1. The lowest BCUT2D eigenvalue weighted by atomic mass is 10.3. The Labute approximate surface area is 122 Å². The third kappa shape index (κ3) is 3.17. The summed E-state index contributed by atoms with van der Waals surface area (Å²) in [6.45, 7) is 2.81. The average Bonchev–Trinajstić information content (AvgIpc) is 2.77. The molecule has 0 aliphatic rings. The predicted molar refractivity (Wildman–Crippen MR) is 82.9 cm³/mol. The van der Waals surface area contributed by atoms with Gasteiger partial charge in [-0.2, -0.15) is 4.98 Å². The normalized spacial score (nSPS) is 12.7. The zero-order valence-corrected chi connectivity index (χ0v) is 13.0. The van der Waals surface area contributed by atoms with Gasteiger partial charge in [0, 0.05) is 32.6 Å². The number of aryl methyl sites for hydroxylation is 1. The molecule has 6 nitrogen and oxygen atoms in total. The van der Waals surface area contributed by atoms with Crippen LogP contribution in [-0.4, -0.2) is 55.5 Å². The maximum atomic E-state index is 9.86. The molecule has 2 aromatic heterocycles. The van der Waals surface area contributed by atoms with Crippen LogP contribution in [0.15, 0.2) is 6.07 Å². The molecule has 0 amide bonds. The van der Waals surface area contributed by atoms with E-state index >= 15 is 0 Å². The number of hydrogen-bond acceptors (Lipinski definition) is 7. The van der Waals surface area contributed by atoms with Gasteiger partial charge in [-0.1, -0.05) is 0 Å². The van der Waals surface area contributed by atoms with Crippen molar-refractivity contribution in [2.45, 2.75) is 13.0 Å². The molecule has 0 aliphatic carbocycles. The molecule has 2 heterocycles. The Balaban J connectivity index is 2.35. The van der Waals surface area contributed by atoms with Gasteiger partial charge in [0.15, 0.2) is 0 Å². The van der Waals surface area contributed by atoms with Crippen molar-refractivity contribution in [3.63, 3.8) is 0 Å². The van der Waals surface area contributed by atoms with Crippen LogP contribution in [0, 0.1) is 6.92 Å². The van der Waals surface area contributed by atoms with Gasteiger partial charge in [-0.05, 0) is 13.0 Å². The number of aliphatic hydroxyl groups is 1. The van der Waals surface area contributed by atoms with Crippen LogP contribution in [0.1, 0.15) is 4.88 Å². The molecule has 7 heteroatoms. The number of likely N-dealkylation sites (N-methyl/N-ethyl adjacent to an activating group) is 1. The predicted octanol–water partition coefficient (Wildman–Crippen LogP) is 1.48. The molecule has 2 N–H and O–H groups in total. The summed E-state index contributed by atoms with van der Waals surface area (Å²) >= 11 is 1.64. The summed E-state index contributed by atoms with van der Waals surface area (Å²) in [6.07, 6.45) is -0.548. The first-order chi connectivity index (χ1) is 9.55. The van der Waals surface area contributed by atoms with Crippen molar-refractivity contribution in [2.24, 2.45) is 0 Å². The number of hydrogen-bond donors (Lipinski definition) is 2. The van der Waals surface area contributed by atoms with Crippen LogP contribution < -0.4 is 10.2 Å². The summed E-state index contributed by atoms with van der Waals surface area (Å²) in [7, 11) is 5.28. The molecule has 0 aliphatic heterocycles. The second-order valence-corrected chi connectivity index (χ2v) is 5.92. The highest BCUT2D eigenvalue weighted by Gasteiger charge is 2.16. The van der Waals surface area contributed by atoms with Crippen molar-refractivity contribution in [2.75, 3.05) is 44.6 Å². The third-order valence-electron chi connectivity index (χ3n) is 2.92. The molecule has 1 atom stereocenters. The summed E-state index contributed by atoms with van der Waals surface area (Å²) in [5.41, 5.74) is 0. The van der Waals surface area contributed by atoms with Crippen molar-refractivity contribution >= 4 is 33.3 Å². The number of methoxy groups -OCH3 is 1. The maximum absolute atomic E-state index is 9.86. The molecule has 0 bridgehead atoms. The molecule has 0 aromatic carbocycles. The minimum Gasteiger partial charge on any atom is -0.389 e. The van der Waals surface area contributed by atoms with E-state index < -0.39 is 6.10 Å². The lowest BCUT2D eigenvalue weighted by Crippen LogP contribution is -2.32. The highest BCUT2D eigenvalue weighted by molar-refractivity contribution is 7.18. The van der Waals surface area contributed by atoms with Gasteiger partial charge in [-0.25, -0.2) is 4.98 Å². The molecule has 0 fully saturated rings. The van der Waals surface area contributed by atoms with E-state index in [1.165, 1.54) is 4.88 Å². The van der Waals surface area contributed by atoms with Crippen LogP contribution in [0.2, 0.25) is 0 Å². The number of ether oxygens (including phenoxy) is 1. The Morgan fingerprint density at radius 2 is 2.25 bits per heavy atom. The Hall–Kier alpha value is -1.44. The van der Waals surface area contributed by atoms with Crippen molar-refractivity contribution in [3.05, 3.63) is 10.9 Å². The van der Waals surface area contributed by atoms with E-state index in [0.717, 1.165) is 16.0 Å². The molecule has 110 valence electrons. The summed E-state index contributed by atoms with van der Waals surface area (Å²) < 4.78 is 4.96. The summed E-state index contributed by atoms with van der Waals surface area (Å²) in [5, 5.41) is 13.8. The fourth-order valence-corrected chi connectivity index (χ4v) is 2.95. The Morgan fingerprint density at radius 3 is 2.90 bits per heavy atom. The number of fused-ring (bicyclic) bond motifs is 1. The molecule has 1 unspecified atom stereocenters. The molecular weight excluding hydrogens is 276 g/mol. The Morgan fingerprint density at radius 1 is 1.50 bits per heavy atom.